The standard InChI is InChI=1S/C30H18N6/c1-32-29(18-31)30(21-10-6-12-25(16-21)35-19-23-8-2-4-14-27(23)33-35)22-11-7-13-26(17-22)36-20-24-9-3-5-15-28(24)34-36/h2-17,19-20H. The molecule has 0 radical (unpaired) electrons. The number of aromatic nitrogens is 4. The predicted molar refractivity (Wildman–Crippen MR) is 140 cm³/mol. The maximum atomic E-state index is 9.83. The van der Waals surface area contributed by atoms with Gasteiger partial charge in [-0.15, -0.1) is 0 Å². The molecule has 6 rings (SSSR count). The van der Waals surface area contributed by atoms with E-state index in [4.69, 9.17) is 6.57 Å². The van der Waals surface area contributed by atoms with Crippen LogP contribution in [-0.4, -0.2) is 19.6 Å². The lowest BCUT2D eigenvalue weighted by atomic mass is 9.95. The minimum absolute atomic E-state index is 0.0283. The van der Waals surface area contributed by atoms with Crippen LogP contribution in [0.3, 0.4) is 0 Å². The van der Waals surface area contributed by atoms with E-state index in [0.717, 1.165) is 44.3 Å². The number of hydrogen-bond donors (Lipinski definition) is 0. The molecule has 6 heteroatoms. The Kier molecular flexibility index (Phi) is 5.11. The third-order valence-electron chi connectivity index (χ3n) is 6.08. The van der Waals surface area contributed by atoms with E-state index in [-0.39, 0.29) is 5.70 Å². The molecule has 0 aliphatic heterocycles. The SMILES string of the molecule is [C-]#[N+]C(C#N)=C(c1cccc(-n2cc3ccccc3n2)c1)c1cccc(-n2cc3ccccc3n2)c1. The molecule has 0 aliphatic carbocycles. The highest BCUT2D eigenvalue weighted by Gasteiger charge is 2.15. The Bertz CT molecular complexity index is 1670. The number of allylic oxidation sites excluding steroid dienone is 1. The van der Waals surface area contributed by atoms with Crippen molar-refractivity contribution in [1.29, 1.82) is 5.26 Å². The lowest BCUT2D eigenvalue weighted by Gasteiger charge is -2.12. The second-order valence-corrected chi connectivity index (χ2v) is 8.31. The molecule has 0 spiro atoms. The number of benzene rings is 4. The molecule has 0 amide bonds. The zero-order chi connectivity index (χ0) is 24.5. The van der Waals surface area contributed by atoms with Crippen molar-refractivity contribution in [3.8, 4) is 17.4 Å². The summed E-state index contributed by atoms with van der Waals surface area (Å²) in [5, 5.41) is 21.3. The highest BCUT2D eigenvalue weighted by Crippen LogP contribution is 2.31. The molecule has 168 valence electrons. The Balaban J connectivity index is 1.48. The molecular weight excluding hydrogens is 444 g/mol. The molecule has 0 unspecified atom stereocenters. The number of hydrogen-bond acceptors (Lipinski definition) is 3. The monoisotopic (exact) mass is 462 g/mol. The summed E-state index contributed by atoms with van der Waals surface area (Å²) in [5.41, 5.74) is 5.62. The summed E-state index contributed by atoms with van der Waals surface area (Å²) in [6.45, 7) is 7.68. The van der Waals surface area contributed by atoms with Crippen molar-refractivity contribution in [2.75, 3.05) is 0 Å². The van der Waals surface area contributed by atoms with Gasteiger partial charge in [-0.25, -0.2) is 19.5 Å². The zero-order valence-corrected chi connectivity index (χ0v) is 19.1. The molecule has 36 heavy (non-hydrogen) atoms. The van der Waals surface area contributed by atoms with E-state index < -0.39 is 0 Å². The van der Waals surface area contributed by atoms with Gasteiger partial charge in [0.25, 0.3) is 5.70 Å². The quantitative estimate of drug-likeness (QED) is 0.220. The summed E-state index contributed by atoms with van der Waals surface area (Å²) >= 11 is 0. The molecular formula is C30H18N6. The third-order valence-corrected chi connectivity index (χ3v) is 6.08. The summed E-state index contributed by atoms with van der Waals surface area (Å²) in [6, 6.07) is 33.5. The van der Waals surface area contributed by atoms with Gasteiger partial charge in [-0.3, -0.25) is 0 Å². The van der Waals surface area contributed by atoms with Crippen molar-refractivity contribution in [1.82, 2.24) is 19.6 Å². The van der Waals surface area contributed by atoms with Crippen molar-refractivity contribution in [3.63, 3.8) is 0 Å². The van der Waals surface area contributed by atoms with E-state index in [2.05, 4.69) is 21.1 Å². The van der Waals surface area contributed by atoms with Crippen LogP contribution in [0.1, 0.15) is 11.1 Å². The van der Waals surface area contributed by atoms with Gasteiger partial charge < -0.3 is 0 Å². The molecule has 0 atom stereocenters. The average molecular weight is 463 g/mol. The Morgan fingerprint density at radius 3 is 1.64 bits per heavy atom. The van der Waals surface area contributed by atoms with Crippen LogP contribution < -0.4 is 0 Å². The summed E-state index contributed by atoms with van der Waals surface area (Å²) in [4.78, 5) is 3.56. The molecule has 0 saturated carbocycles. The number of fused-ring (bicyclic) bond motifs is 2. The maximum Gasteiger partial charge on any atom is 0.270 e. The third kappa shape index (κ3) is 3.69. The van der Waals surface area contributed by atoms with Gasteiger partial charge in [-0.05, 0) is 47.5 Å². The highest BCUT2D eigenvalue weighted by molar-refractivity contribution is 5.87. The van der Waals surface area contributed by atoms with Gasteiger partial charge in [0.2, 0.25) is 0 Å². The molecule has 0 bridgehead atoms. The van der Waals surface area contributed by atoms with Gasteiger partial charge in [0.1, 0.15) is 0 Å². The van der Waals surface area contributed by atoms with E-state index in [0.29, 0.717) is 5.57 Å². The number of rotatable bonds is 4. The fourth-order valence-electron chi connectivity index (χ4n) is 4.38. The fourth-order valence-corrected chi connectivity index (χ4v) is 4.38. The van der Waals surface area contributed by atoms with Gasteiger partial charge >= 0.3 is 0 Å². The molecule has 0 saturated heterocycles. The van der Waals surface area contributed by atoms with Gasteiger partial charge in [-0.1, -0.05) is 60.7 Å². The molecule has 0 fully saturated rings. The highest BCUT2D eigenvalue weighted by atomic mass is 15.3. The van der Waals surface area contributed by atoms with Crippen LogP contribution in [0.15, 0.2) is 115 Å². The van der Waals surface area contributed by atoms with Crippen molar-refractivity contribution < 1.29 is 0 Å². The van der Waals surface area contributed by atoms with E-state index in [9.17, 15) is 5.26 Å². The predicted octanol–water partition coefficient (Wildman–Crippen LogP) is 6.57. The fraction of sp³-hybridized carbons (Fsp3) is 0. The molecule has 6 aromatic rings. The molecule has 0 N–H and O–H groups in total. The minimum Gasteiger partial charge on any atom is -0.240 e. The smallest absolute Gasteiger partial charge is 0.240 e. The molecule has 6 nitrogen and oxygen atoms in total. The van der Waals surface area contributed by atoms with Gasteiger partial charge in [-0.2, -0.15) is 10.2 Å². The topological polar surface area (TPSA) is 63.8 Å². The summed E-state index contributed by atoms with van der Waals surface area (Å²) in [7, 11) is 0. The normalized spacial score (nSPS) is 10.7. The van der Waals surface area contributed by atoms with Crippen molar-refractivity contribution in [2.45, 2.75) is 0 Å². The Morgan fingerprint density at radius 1 is 0.694 bits per heavy atom. The second kappa shape index (κ2) is 8.72. The van der Waals surface area contributed by atoms with Crippen LogP contribution in [0.4, 0.5) is 0 Å². The minimum atomic E-state index is 0.0283. The van der Waals surface area contributed by atoms with Crippen LogP contribution in [-0.2, 0) is 0 Å². The van der Waals surface area contributed by atoms with Crippen LogP contribution >= 0.6 is 0 Å². The lowest BCUT2D eigenvalue weighted by molar-refractivity contribution is 0.895. The Hall–Kier alpha value is -5.46. The number of nitriles is 1. The first-order chi connectivity index (χ1) is 17.7. The summed E-state index contributed by atoms with van der Waals surface area (Å²) < 4.78 is 3.64. The van der Waals surface area contributed by atoms with Crippen LogP contribution in [0.2, 0.25) is 0 Å². The first-order valence-corrected chi connectivity index (χ1v) is 11.4. The van der Waals surface area contributed by atoms with Crippen LogP contribution in [0.25, 0.3) is 43.6 Å². The lowest BCUT2D eigenvalue weighted by Crippen LogP contribution is -1.99. The molecule has 0 aliphatic rings. The Morgan fingerprint density at radius 2 is 1.19 bits per heavy atom. The first kappa shape index (κ1) is 21.1. The van der Waals surface area contributed by atoms with Gasteiger partial charge in [0, 0.05) is 28.7 Å². The van der Waals surface area contributed by atoms with Crippen molar-refractivity contribution in [3.05, 3.63) is 138 Å². The van der Waals surface area contributed by atoms with Crippen LogP contribution in [0, 0.1) is 17.9 Å². The molecule has 2 heterocycles. The Labute approximate surface area is 207 Å². The first-order valence-electron chi connectivity index (χ1n) is 11.4. The van der Waals surface area contributed by atoms with E-state index in [1.165, 1.54) is 0 Å². The molecule has 4 aromatic carbocycles. The second-order valence-electron chi connectivity index (χ2n) is 8.31. The van der Waals surface area contributed by atoms with Crippen molar-refractivity contribution >= 4 is 27.4 Å². The average Bonchev–Trinajstić information content (AvgIpc) is 3.56. The summed E-state index contributed by atoms with van der Waals surface area (Å²) in [5.74, 6) is 0. The van der Waals surface area contributed by atoms with E-state index in [1.54, 1.807) is 0 Å². The van der Waals surface area contributed by atoms with E-state index >= 15 is 0 Å². The van der Waals surface area contributed by atoms with E-state index in [1.807, 2.05) is 119 Å². The van der Waals surface area contributed by atoms with Gasteiger partial charge in [0.15, 0.2) is 0 Å². The number of nitrogens with zero attached hydrogens (tertiary/aromatic N) is 6. The maximum absolute atomic E-state index is 9.83. The summed E-state index contributed by atoms with van der Waals surface area (Å²) in [6.07, 6.45) is 3.95. The van der Waals surface area contributed by atoms with Crippen molar-refractivity contribution in [2.24, 2.45) is 0 Å². The van der Waals surface area contributed by atoms with Gasteiger partial charge in [0.05, 0.1) is 35.0 Å². The van der Waals surface area contributed by atoms with Crippen LogP contribution in [0.5, 0.6) is 0 Å². The largest absolute Gasteiger partial charge is 0.270 e. The molecule has 2 aromatic heterocycles. The zero-order valence-electron chi connectivity index (χ0n) is 19.1.